The topological polar surface area (TPSA) is 108 Å². The third-order valence-corrected chi connectivity index (χ3v) is 4.94. The number of hydrogen-bond acceptors (Lipinski definition) is 5. The second kappa shape index (κ2) is 10.8. The lowest BCUT2D eigenvalue weighted by molar-refractivity contribution is -0.138. The molecule has 0 saturated carbocycles. The molecule has 2 rings (SSSR count). The summed E-state index contributed by atoms with van der Waals surface area (Å²) in [4.78, 5) is 39.9. The summed E-state index contributed by atoms with van der Waals surface area (Å²) in [6.45, 7) is 10.4. The number of amides is 3. The zero-order valence-electron chi connectivity index (χ0n) is 20.1. The summed E-state index contributed by atoms with van der Waals surface area (Å²) in [6, 6.07) is 11.2. The summed E-state index contributed by atoms with van der Waals surface area (Å²) in [5.74, 6) is -0.751. The molecule has 3 amide bonds. The van der Waals surface area contributed by atoms with Gasteiger partial charge in [-0.25, -0.2) is 4.79 Å². The zero-order valence-corrected chi connectivity index (χ0v) is 20.1. The van der Waals surface area contributed by atoms with Gasteiger partial charge in [0.2, 0.25) is 5.91 Å². The first-order chi connectivity index (χ1) is 15.4. The molecular weight excluding hydrogens is 422 g/mol. The summed E-state index contributed by atoms with van der Waals surface area (Å²) < 4.78 is 5.19. The molecule has 2 aromatic rings. The van der Waals surface area contributed by atoms with Gasteiger partial charge >= 0.3 is 6.09 Å². The van der Waals surface area contributed by atoms with Crippen molar-refractivity contribution in [2.24, 2.45) is 0 Å². The number of rotatable bonds is 7. The van der Waals surface area contributed by atoms with E-state index < -0.39 is 29.6 Å². The number of likely N-dealkylation sites (N-methyl/N-ethyl adjacent to an activating group) is 1. The number of para-hydroxylation sites is 1. The van der Waals surface area contributed by atoms with Gasteiger partial charge in [0.25, 0.3) is 5.91 Å². The number of benzene rings is 2. The number of anilines is 1. The van der Waals surface area contributed by atoms with Crippen LogP contribution >= 0.6 is 0 Å². The van der Waals surface area contributed by atoms with Gasteiger partial charge in [0.1, 0.15) is 23.9 Å². The van der Waals surface area contributed by atoms with Crippen molar-refractivity contribution in [3.05, 3.63) is 59.2 Å². The number of hydrogen-bond donors (Lipinski definition) is 3. The molecule has 0 radical (unpaired) electrons. The Balaban J connectivity index is 2.32. The van der Waals surface area contributed by atoms with Gasteiger partial charge in [-0.3, -0.25) is 9.59 Å². The number of carbonyl (C=O) groups is 3. The maximum absolute atomic E-state index is 13.4. The fourth-order valence-electron chi connectivity index (χ4n) is 3.30. The van der Waals surface area contributed by atoms with E-state index in [1.54, 1.807) is 52.8 Å². The van der Waals surface area contributed by atoms with Crippen LogP contribution in [0.1, 0.15) is 50.4 Å². The Bertz CT molecular complexity index is 1010. The fraction of sp³-hybridized carbons (Fsp3) is 0.400. The Morgan fingerprint density at radius 1 is 1.06 bits per heavy atom. The van der Waals surface area contributed by atoms with Crippen molar-refractivity contribution >= 4 is 23.6 Å². The summed E-state index contributed by atoms with van der Waals surface area (Å²) in [5.41, 5.74) is 1.95. The van der Waals surface area contributed by atoms with E-state index in [1.807, 2.05) is 25.1 Å². The molecule has 8 nitrogen and oxygen atoms in total. The Morgan fingerprint density at radius 3 is 2.30 bits per heavy atom. The lowest BCUT2D eigenvalue weighted by Gasteiger charge is -2.31. The van der Waals surface area contributed by atoms with Crippen molar-refractivity contribution in [3.63, 3.8) is 0 Å². The van der Waals surface area contributed by atoms with Gasteiger partial charge in [0.05, 0.1) is 0 Å². The predicted molar refractivity (Wildman–Crippen MR) is 127 cm³/mol. The minimum atomic E-state index is -0.971. The molecule has 178 valence electrons. The molecule has 8 heteroatoms. The number of nitrogens with one attached hydrogen (secondary N) is 2. The number of phenols is 1. The number of phenolic OH excluding ortho intramolecular Hbond substituents is 1. The van der Waals surface area contributed by atoms with Crippen molar-refractivity contribution in [2.75, 3.05) is 18.4 Å². The van der Waals surface area contributed by atoms with Gasteiger partial charge in [0, 0.05) is 12.2 Å². The number of carbonyl (C=O) groups excluding carboxylic acids is 3. The Kier molecular flexibility index (Phi) is 8.45. The van der Waals surface area contributed by atoms with E-state index in [4.69, 9.17) is 4.74 Å². The molecule has 0 aromatic heterocycles. The lowest BCUT2D eigenvalue weighted by Crippen LogP contribution is -2.46. The quantitative estimate of drug-likeness (QED) is 0.583. The predicted octanol–water partition coefficient (Wildman–Crippen LogP) is 4.06. The molecule has 0 heterocycles. The van der Waals surface area contributed by atoms with Gasteiger partial charge in [-0.1, -0.05) is 24.3 Å². The highest BCUT2D eigenvalue weighted by atomic mass is 16.6. The van der Waals surface area contributed by atoms with Crippen LogP contribution in [0.5, 0.6) is 5.75 Å². The minimum Gasteiger partial charge on any atom is -0.508 e. The van der Waals surface area contributed by atoms with Crippen LogP contribution in [-0.4, -0.2) is 46.6 Å². The van der Waals surface area contributed by atoms with E-state index in [1.165, 1.54) is 11.0 Å². The van der Waals surface area contributed by atoms with Gasteiger partial charge in [-0.05, 0) is 76.4 Å². The van der Waals surface area contributed by atoms with Crippen molar-refractivity contribution in [1.82, 2.24) is 10.2 Å². The Morgan fingerprint density at radius 2 is 1.73 bits per heavy atom. The van der Waals surface area contributed by atoms with E-state index in [9.17, 15) is 19.5 Å². The summed E-state index contributed by atoms with van der Waals surface area (Å²) in [7, 11) is 0. The van der Waals surface area contributed by atoms with E-state index in [0.717, 1.165) is 5.56 Å². The van der Waals surface area contributed by atoms with E-state index in [2.05, 4.69) is 10.6 Å². The summed E-state index contributed by atoms with van der Waals surface area (Å²) >= 11 is 0. The standard InChI is InChI=1S/C25H33N3O5/c1-7-28(21(30)15-26-24(32)33-25(4,5)6)22(18-12-13-20(29)17(3)14-18)23(31)27-19-11-9-8-10-16(19)2/h8-14,22,29H,7,15H2,1-6H3,(H,26,32)(H,27,31). The number of aromatic hydroxyl groups is 1. The molecule has 0 aliphatic carbocycles. The molecule has 3 N–H and O–H groups in total. The Hall–Kier alpha value is -3.55. The van der Waals surface area contributed by atoms with Crippen LogP contribution < -0.4 is 10.6 Å². The molecule has 33 heavy (non-hydrogen) atoms. The highest BCUT2D eigenvalue weighted by Crippen LogP contribution is 2.28. The second-order valence-electron chi connectivity index (χ2n) is 8.79. The lowest BCUT2D eigenvalue weighted by atomic mass is 10.0. The van der Waals surface area contributed by atoms with Crippen molar-refractivity contribution in [3.8, 4) is 5.75 Å². The number of aryl methyl sites for hydroxylation is 2. The van der Waals surface area contributed by atoms with Crippen molar-refractivity contribution < 1.29 is 24.2 Å². The number of nitrogens with zero attached hydrogens (tertiary/aromatic N) is 1. The number of ether oxygens (including phenoxy) is 1. The third kappa shape index (κ3) is 7.24. The molecule has 0 aliphatic rings. The maximum Gasteiger partial charge on any atom is 0.408 e. The molecule has 1 atom stereocenters. The van der Waals surface area contributed by atoms with Crippen molar-refractivity contribution in [1.29, 1.82) is 0 Å². The molecule has 0 bridgehead atoms. The van der Waals surface area contributed by atoms with Gasteiger partial charge in [-0.2, -0.15) is 0 Å². The minimum absolute atomic E-state index is 0.0952. The molecule has 2 aromatic carbocycles. The van der Waals surface area contributed by atoms with Crippen LogP contribution in [-0.2, 0) is 14.3 Å². The summed E-state index contributed by atoms with van der Waals surface area (Å²) in [6.07, 6.45) is -0.715. The number of alkyl carbamates (subject to hydrolysis) is 1. The Labute approximate surface area is 194 Å². The van der Waals surface area contributed by atoms with E-state index >= 15 is 0 Å². The van der Waals surface area contributed by atoms with Gasteiger partial charge in [-0.15, -0.1) is 0 Å². The molecule has 0 spiro atoms. The first kappa shape index (κ1) is 25.7. The van der Waals surface area contributed by atoms with Crippen LogP contribution in [0.15, 0.2) is 42.5 Å². The first-order valence-corrected chi connectivity index (χ1v) is 10.8. The molecule has 0 aliphatic heterocycles. The largest absolute Gasteiger partial charge is 0.508 e. The zero-order chi connectivity index (χ0) is 24.8. The molecule has 0 saturated heterocycles. The highest BCUT2D eigenvalue weighted by Gasteiger charge is 2.31. The third-order valence-electron chi connectivity index (χ3n) is 4.94. The maximum atomic E-state index is 13.4. The van der Waals surface area contributed by atoms with Crippen LogP contribution in [0.2, 0.25) is 0 Å². The van der Waals surface area contributed by atoms with Crippen LogP contribution in [0.25, 0.3) is 0 Å². The average molecular weight is 456 g/mol. The molecular formula is C25H33N3O5. The normalized spacial score (nSPS) is 11.9. The average Bonchev–Trinajstić information content (AvgIpc) is 2.72. The highest BCUT2D eigenvalue weighted by molar-refractivity contribution is 5.98. The van der Waals surface area contributed by atoms with E-state index in [-0.39, 0.29) is 18.8 Å². The fourth-order valence-corrected chi connectivity index (χ4v) is 3.30. The smallest absolute Gasteiger partial charge is 0.408 e. The summed E-state index contributed by atoms with van der Waals surface area (Å²) in [5, 5.41) is 15.3. The second-order valence-corrected chi connectivity index (χ2v) is 8.79. The van der Waals surface area contributed by atoms with Crippen molar-refractivity contribution in [2.45, 2.75) is 53.2 Å². The first-order valence-electron chi connectivity index (χ1n) is 10.8. The molecule has 0 fully saturated rings. The van der Waals surface area contributed by atoms with Gasteiger partial charge < -0.3 is 25.4 Å². The van der Waals surface area contributed by atoms with Crippen LogP contribution in [0.4, 0.5) is 10.5 Å². The van der Waals surface area contributed by atoms with Crippen LogP contribution in [0, 0.1) is 13.8 Å². The van der Waals surface area contributed by atoms with Crippen LogP contribution in [0.3, 0.4) is 0 Å². The monoisotopic (exact) mass is 455 g/mol. The van der Waals surface area contributed by atoms with Gasteiger partial charge in [0.15, 0.2) is 0 Å². The SMILES string of the molecule is CCN(C(=O)CNC(=O)OC(C)(C)C)C(C(=O)Nc1ccccc1C)c1ccc(O)c(C)c1. The molecule has 1 unspecified atom stereocenters. The van der Waals surface area contributed by atoms with E-state index in [0.29, 0.717) is 16.8 Å².